The van der Waals surface area contributed by atoms with Crippen molar-refractivity contribution in [1.82, 2.24) is 4.98 Å². The SMILES string of the molecule is Cc1ccc(/C=C2\COCc3c2nc(Nc2ccccc2)c(C#N)c3-c2ccc(C)cc2)cc1. The molecule has 3 aromatic carbocycles. The monoisotopic (exact) mass is 443 g/mol. The minimum Gasteiger partial charge on any atom is -0.372 e. The van der Waals surface area contributed by atoms with Crippen molar-refractivity contribution in [2.24, 2.45) is 0 Å². The Morgan fingerprint density at radius 3 is 2.24 bits per heavy atom. The maximum Gasteiger partial charge on any atom is 0.149 e. The van der Waals surface area contributed by atoms with Crippen LogP contribution in [0.1, 0.15) is 33.5 Å². The maximum absolute atomic E-state index is 10.2. The molecule has 0 amide bonds. The third-order valence-electron chi connectivity index (χ3n) is 6.01. The fourth-order valence-corrected chi connectivity index (χ4v) is 4.23. The van der Waals surface area contributed by atoms with Crippen molar-refractivity contribution in [2.45, 2.75) is 20.5 Å². The Balaban J connectivity index is 1.73. The summed E-state index contributed by atoms with van der Waals surface area (Å²) in [6.07, 6.45) is 2.13. The Morgan fingerprint density at radius 2 is 1.56 bits per heavy atom. The molecule has 0 saturated carbocycles. The van der Waals surface area contributed by atoms with Gasteiger partial charge >= 0.3 is 0 Å². The first-order valence-corrected chi connectivity index (χ1v) is 11.3. The summed E-state index contributed by atoms with van der Waals surface area (Å²) < 4.78 is 6.01. The van der Waals surface area contributed by atoms with Crippen LogP contribution in [-0.2, 0) is 11.3 Å². The third-order valence-corrected chi connectivity index (χ3v) is 6.01. The van der Waals surface area contributed by atoms with E-state index in [4.69, 9.17) is 9.72 Å². The van der Waals surface area contributed by atoms with Crippen LogP contribution in [0.4, 0.5) is 11.5 Å². The van der Waals surface area contributed by atoms with Gasteiger partial charge < -0.3 is 10.1 Å². The molecule has 0 atom stereocenters. The number of benzene rings is 3. The predicted octanol–water partition coefficient (Wildman–Crippen LogP) is 7.05. The van der Waals surface area contributed by atoms with Gasteiger partial charge in [-0.15, -0.1) is 0 Å². The smallest absolute Gasteiger partial charge is 0.149 e. The molecular formula is C30H25N3O. The Bertz CT molecular complexity index is 1400. The number of nitriles is 1. The number of aryl methyl sites for hydroxylation is 2. The summed E-state index contributed by atoms with van der Waals surface area (Å²) in [4.78, 5) is 5.00. The lowest BCUT2D eigenvalue weighted by molar-refractivity contribution is 0.146. The zero-order valence-corrected chi connectivity index (χ0v) is 19.3. The van der Waals surface area contributed by atoms with E-state index in [0.29, 0.717) is 24.6 Å². The highest BCUT2D eigenvalue weighted by Gasteiger charge is 2.26. The van der Waals surface area contributed by atoms with Crippen molar-refractivity contribution in [1.29, 1.82) is 5.26 Å². The van der Waals surface area contributed by atoms with E-state index in [2.05, 4.69) is 79.8 Å². The topological polar surface area (TPSA) is 57.9 Å². The van der Waals surface area contributed by atoms with Crippen molar-refractivity contribution in [3.63, 3.8) is 0 Å². The summed E-state index contributed by atoms with van der Waals surface area (Å²) in [5.74, 6) is 0.555. The first-order valence-electron chi connectivity index (χ1n) is 11.3. The van der Waals surface area contributed by atoms with E-state index in [1.165, 1.54) is 11.1 Å². The summed E-state index contributed by atoms with van der Waals surface area (Å²) >= 11 is 0. The zero-order valence-electron chi connectivity index (χ0n) is 19.3. The van der Waals surface area contributed by atoms with E-state index in [0.717, 1.165) is 39.2 Å². The highest BCUT2D eigenvalue weighted by Crippen LogP contribution is 2.39. The number of pyridine rings is 1. The average molecular weight is 444 g/mol. The van der Waals surface area contributed by atoms with Gasteiger partial charge in [-0.2, -0.15) is 5.26 Å². The van der Waals surface area contributed by atoms with E-state index in [-0.39, 0.29) is 0 Å². The molecule has 1 N–H and O–H groups in total. The van der Waals surface area contributed by atoms with Crippen LogP contribution in [0.25, 0.3) is 22.8 Å². The number of nitrogens with one attached hydrogen (secondary N) is 1. The van der Waals surface area contributed by atoms with Gasteiger partial charge in [0.2, 0.25) is 0 Å². The van der Waals surface area contributed by atoms with Gasteiger partial charge in [-0.25, -0.2) is 4.98 Å². The maximum atomic E-state index is 10.2. The number of hydrogen-bond donors (Lipinski definition) is 1. The predicted molar refractivity (Wildman–Crippen MR) is 138 cm³/mol. The van der Waals surface area contributed by atoms with Gasteiger partial charge in [0, 0.05) is 22.4 Å². The summed E-state index contributed by atoms with van der Waals surface area (Å²) in [6, 6.07) is 28.9. The van der Waals surface area contributed by atoms with Crippen molar-refractivity contribution in [3.8, 4) is 17.2 Å². The molecule has 1 aliphatic rings. The Kier molecular flexibility index (Phi) is 5.95. The first kappa shape index (κ1) is 21.6. The molecule has 4 heteroatoms. The van der Waals surface area contributed by atoms with E-state index >= 15 is 0 Å². The molecular weight excluding hydrogens is 418 g/mol. The molecule has 0 bridgehead atoms. The Labute approximate surface area is 200 Å². The number of fused-ring (bicyclic) bond motifs is 1. The summed E-state index contributed by atoms with van der Waals surface area (Å²) in [6.45, 7) is 5.02. The Hall–Kier alpha value is -4.20. The number of hydrogen-bond acceptors (Lipinski definition) is 4. The number of para-hydroxylation sites is 1. The minimum atomic E-state index is 0.414. The van der Waals surface area contributed by atoms with Crippen molar-refractivity contribution >= 4 is 23.2 Å². The molecule has 0 radical (unpaired) electrons. The third kappa shape index (κ3) is 4.34. The van der Waals surface area contributed by atoms with Crippen LogP contribution in [0, 0.1) is 25.2 Å². The molecule has 2 heterocycles. The molecule has 0 aliphatic carbocycles. The average Bonchev–Trinajstić information content (AvgIpc) is 2.86. The van der Waals surface area contributed by atoms with Crippen LogP contribution >= 0.6 is 0 Å². The molecule has 0 unspecified atom stereocenters. The van der Waals surface area contributed by atoms with Crippen LogP contribution in [0.3, 0.4) is 0 Å². The second-order valence-corrected chi connectivity index (χ2v) is 8.58. The standard InChI is InChI=1S/C30H25N3O/c1-20-8-12-22(13-9-20)16-24-18-34-19-27-28(23-14-10-21(2)11-15-23)26(17-31)30(33-29(24)27)32-25-6-4-3-5-7-25/h3-16H,18-19H2,1-2H3,(H,32,33)/b24-16+. The van der Waals surface area contributed by atoms with Crippen LogP contribution in [0.15, 0.2) is 78.9 Å². The van der Waals surface area contributed by atoms with Gasteiger partial charge in [-0.1, -0.05) is 77.9 Å². The van der Waals surface area contributed by atoms with E-state index in [9.17, 15) is 5.26 Å². The van der Waals surface area contributed by atoms with Crippen molar-refractivity contribution in [2.75, 3.05) is 11.9 Å². The van der Waals surface area contributed by atoms with Crippen LogP contribution in [0.2, 0.25) is 0 Å². The molecule has 0 saturated heterocycles. The normalized spacial score (nSPS) is 13.9. The van der Waals surface area contributed by atoms with E-state index in [1.807, 2.05) is 30.3 Å². The zero-order chi connectivity index (χ0) is 23.5. The quantitative estimate of drug-likeness (QED) is 0.367. The molecule has 1 aromatic heterocycles. The van der Waals surface area contributed by atoms with Crippen LogP contribution < -0.4 is 5.32 Å². The summed E-state index contributed by atoms with van der Waals surface area (Å²) in [7, 11) is 0. The molecule has 34 heavy (non-hydrogen) atoms. The highest BCUT2D eigenvalue weighted by atomic mass is 16.5. The second-order valence-electron chi connectivity index (χ2n) is 8.58. The van der Waals surface area contributed by atoms with Gasteiger partial charge in [0.05, 0.1) is 18.9 Å². The summed E-state index contributed by atoms with van der Waals surface area (Å²) in [5, 5.41) is 13.6. The molecule has 1 aliphatic heterocycles. The largest absolute Gasteiger partial charge is 0.372 e. The van der Waals surface area contributed by atoms with Crippen molar-refractivity contribution < 1.29 is 4.74 Å². The number of ether oxygens (including phenoxy) is 1. The molecule has 4 aromatic rings. The molecule has 0 fully saturated rings. The first-order chi connectivity index (χ1) is 16.6. The van der Waals surface area contributed by atoms with Gasteiger partial charge in [-0.3, -0.25) is 0 Å². The number of anilines is 2. The number of rotatable bonds is 4. The highest BCUT2D eigenvalue weighted by molar-refractivity contribution is 5.90. The van der Waals surface area contributed by atoms with Crippen LogP contribution in [-0.4, -0.2) is 11.6 Å². The van der Waals surface area contributed by atoms with Crippen molar-refractivity contribution in [3.05, 3.63) is 112 Å². The fourth-order valence-electron chi connectivity index (χ4n) is 4.23. The fraction of sp³-hybridized carbons (Fsp3) is 0.133. The van der Waals surface area contributed by atoms with Gasteiger partial charge in [-0.05, 0) is 43.2 Å². The van der Waals surface area contributed by atoms with E-state index < -0.39 is 0 Å². The van der Waals surface area contributed by atoms with Gasteiger partial charge in [0.1, 0.15) is 17.5 Å². The molecule has 5 rings (SSSR count). The molecule has 4 nitrogen and oxygen atoms in total. The molecule has 0 spiro atoms. The number of aromatic nitrogens is 1. The lowest BCUT2D eigenvalue weighted by Gasteiger charge is -2.25. The van der Waals surface area contributed by atoms with Crippen LogP contribution in [0.5, 0.6) is 0 Å². The van der Waals surface area contributed by atoms with E-state index in [1.54, 1.807) is 0 Å². The lowest BCUT2D eigenvalue weighted by atomic mass is 9.90. The number of nitrogens with zero attached hydrogens (tertiary/aromatic N) is 2. The second kappa shape index (κ2) is 9.35. The summed E-state index contributed by atoms with van der Waals surface area (Å²) in [5.41, 5.74) is 9.57. The molecule has 166 valence electrons. The van der Waals surface area contributed by atoms with Gasteiger partial charge in [0.25, 0.3) is 0 Å². The Morgan fingerprint density at radius 1 is 0.882 bits per heavy atom. The van der Waals surface area contributed by atoms with Gasteiger partial charge in [0.15, 0.2) is 0 Å². The lowest BCUT2D eigenvalue weighted by Crippen LogP contribution is -2.15. The minimum absolute atomic E-state index is 0.414.